The van der Waals surface area contributed by atoms with E-state index in [1.165, 1.54) is 30.3 Å². The smallest absolute Gasteiger partial charge is 0.344 e. The van der Waals surface area contributed by atoms with Crippen LogP contribution in [-0.2, 0) is 16.1 Å². The van der Waals surface area contributed by atoms with E-state index in [0.29, 0.717) is 11.1 Å². The first-order chi connectivity index (χ1) is 17.7. The van der Waals surface area contributed by atoms with E-state index < -0.39 is 79.1 Å². The molecular formula is C26H25F4NO6. The molecule has 0 aliphatic heterocycles. The number of carbonyl (C=O) groups excluding carboxylic acids is 1. The van der Waals surface area contributed by atoms with Crippen LogP contribution in [0.15, 0.2) is 54.6 Å². The average molecular weight is 523 g/mol. The number of anilines is 1. The van der Waals surface area contributed by atoms with E-state index in [0.717, 1.165) is 18.2 Å². The Hall–Kier alpha value is -3.67. The van der Waals surface area contributed by atoms with Crippen molar-refractivity contribution in [3.05, 3.63) is 83.4 Å². The van der Waals surface area contributed by atoms with Crippen molar-refractivity contribution in [2.24, 2.45) is 5.41 Å². The minimum Gasteiger partial charge on any atom is -0.479 e. The molecule has 0 radical (unpaired) electrons. The summed E-state index contributed by atoms with van der Waals surface area (Å²) in [6.45, 7) is -3.58. The van der Waals surface area contributed by atoms with Crippen molar-refractivity contribution in [3.8, 4) is 16.9 Å². The zero-order valence-corrected chi connectivity index (χ0v) is 19.5. The zero-order chi connectivity index (χ0) is 27.0. The fourth-order valence-electron chi connectivity index (χ4n) is 3.25. The van der Waals surface area contributed by atoms with Gasteiger partial charge in [0.15, 0.2) is 18.2 Å². The minimum atomic E-state index is -1.45. The number of rotatable bonds is 12. The highest BCUT2D eigenvalue weighted by atomic mass is 19.1. The molecule has 37 heavy (non-hydrogen) atoms. The molecule has 0 unspecified atom stereocenters. The molecule has 11 heteroatoms. The van der Waals surface area contributed by atoms with E-state index in [2.05, 4.69) is 5.32 Å². The number of esters is 1. The van der Waals surface area contributed by atoms with Gasteiger partial charge in [0.1, 0.15) is 29.7 Å². The van der Waals surface area contributed by atoms with E-state index in [-0.39, 0.29) is 12.1 Å². The second-order valence-electron chi connectivity index (χ2n) is 8.33. The summed E-state index contributed by atoms with van der Waals surface area (Å²) in [7, 11) is 0. The van der Waals surface area contributed by atoms with Crippen molar-refractivity contribution < 1.29 is 47.1 Å². The average Bonchev–Trinajstić information content (AvgIpc) is 2.90. The normalized spacial score (nSPS) is 11.3. The van der Waals surface area contributed by atoms with Crippen molar-refractivity contribution in [1.82, 2.24) is 0 Å². The molecule has 3 rings (SSSR count). The Bertz CT molecular complexity index is 1230. The second kappa shape index (κ2) is 12.5. The number of ether oxygens (including phenoxy) is 2. The number of benzene rings is 3. The SMILES string of the molecule is O=C(COc1ccc(F)c(NCc2cc(-c3cccc(F)c3)ccc2F)c1F)OCC(CO)(CO)CO. The van der Waals surface area contributed by atoms with Gasteiger partial charge in [-0.05, 0) is 47.5 Å². The second-order valence-corrected chi connectivity index (χ2v) is 8.33. The maximum absolute atomic E-state index is 14.9. The molecule has 4 N–H and O–H groups in total. The van der Waals surface area contributed by atoms with Crippen LogP contribution in [0.3, 0.4) is 0 Å². The number of nitrogens with one attached hydrogen (secondary N) is 1. The molecule has 0 amide bonds. The van der Waals surface area contributed by atoms with Gasteiger partial charge in [0, 0.05) is 12.1 Å². The van der Waals surface area contributed by atoms with Crippen LogP contribution in [0.2, 0.25) is 0 Å². The summed E-state index contributed by atoms with van der Waals surface area (Å²) < 4.78 is 67.1. The molecule has 3 aromatic rings. The highest BCUT2D eigenvalue weighted by Gasteiger charge is 2.30. The quantitative estimate of drug-likeness (QED) is 0.213. The monoisotopic (exact) mass is 523 g/mol. The van der Waals surface area contributed by atoms with Gasteiger partial charge in [-0.25, -0.2) is 22.4 Å². The predicted octanol–water partition coefficient (Wildman–Crippen LogP) is 3.41. The highest BCUT2D eigenvalue weighted by Crippen LogP contribution is 2.29. The highest BCUT2D eigenvalue weighted by molar-refractivity contribution is 5.71. The molecule has 0 aromatic heterocycles. The summed E-state index contributed by atoms with van der Waals surface area (Å²) in [5.74, 6) is -4.77. The van der Waals surface area contributed by atoms with Crippen LogP contribution >= 0.6 is 0 Å². The number of halogens is 4. The molecule has 0 atom stereocenters. The zero-order valence-electron chi connectivity index (χ0n) is 19.5. The Morgan fingerprint density at radius 2 is 1.54 bits per heavy atom. The van der Waals surface area contributed by atoms with Gasteiger partial charge in [-0.3, -0.25) is 0 Å². The van der Waals surface area contributed by atoms with Gasteiger partial charge in [-0.1, -0.05) is 18.2 Å². The summed E-state index contributed by atoms with van der Waals surface area (Å²) in [6.07, 6.45) is 0. The summed E-state index contributed by atoms with van der Waals surface area (Å²) >= 11 is 0. The van der Waals surface area contributed by atoms with E-state index in [9.17, 15) is 37.7 Å². The number of hydrogen-bond acceptors (Lipinski definition) is 7. The maximum Gasteiger partial charge on any atom is 0.344 e. The van der Waals surface area contributed by atoms with Crippen molar-refractivity contribution in [3.63, 3.8) is 0 Å². The lowest BCUT2D eigenvalue weighted by Crippen LogP contribution is -2.40. The molecule has 0 fully saturated rings. The molecular weight excluding hydrogens is 498 g/mol. The molecule has 198 valence electrons. The van der Waals surface area contributed by atoms with Crippen LogP contribution in [0, 0.1) is 28.7 Å². The Labute approximate surface area is 209 Å². The Morgan fingerprint density at radius 3 is 2.22 bits per heavy atom. The van der Waals surface area contributed by atoms with Crippen molar-refractivity contribution in [1.29, 1.82) is 0 Å². The predicted molar refractivity (Wildman–Crippen MR) is 126 cm³/mol. The van der Waals surface area contributed by atoms with Crippen LogP contribution in [0.1, 0.15) is 5.56 Å². The molecule has 0 bridgehead atoms. The van der Waals surface area contributed by atoms with Gasteiger partial charge in [-0.2, -0.15) is 0 Å². The van der Waals surface area contributed by atoms with Gasteiger partial charge in [0.05, 0.1) is 25.2 Å². The summed E-state index contributed by atoms with van der Waals surface area (Å²) in [4.78, 5) is 11.9. The van der Waals surface area contributed by atoms with Crippen LogP contribution in [0.4, 0.5) is 23.2 Å². The first-order valence-electron chi connectivity index (χ1n) is 11.1. The van der Waals surface area contributed by atoms with Crippen molar-refractivity contribution >= 4 is 11.7 Å². The minimum absolute atomic E-state index is 0.0654. The molecule has 0 aliphatic carbocycles. The van der Waals surface area contributed by atoms with Crippen molar-refractivity contribution in [2.75, 3.05) is 38.4 Å². The Morgan fingerprint density at radius 1 is 0.865 bits per heavy atom. The van der Waals surface area contributed by atoms with E-state index in [1.807, 2.05) is 0 Å². The first kappa shape index (κ1) is 27.9. The molecule has 3 aromatic carbocycles. The van der Waals surface area contributed by atoms with E-state index >= 15 is 0 Å². The topological polar surface area (TPSA) is 108 Å². The fraction of sp³-hybridized carbons (Fsp3) is 0.269. The molecule has 0 saturated heterocycles. The first-order valence-corrected chi connectivity index (χ1v) is 11.1. The third kappa shape index (κ3) is 6.97. The Balaban J connectivity index is 1.68. The van der Waals surface area contributed by atoms with E-state index in [1.54, 1.807) is 6.07 Å². The lowest BCUT2D eigenvalue weighted by Gasteiger charge is -2.26. The molecule has 0 spiro atoms. The van der Waals surface area contributed by atoms with Crippen LogP contribution in [-0.4, -0.2) is 54.3 Å². The fourth-order valence-corrected chi connectivity index (χ4v) is 3.25. The molecule has 0 aliphatic rings. The summed E-state index contributed by atoms with van der Waals surface area (Å²) in [5, 5.41) is 30.2. The number of carbonyl (C=O) groups is 1. The number of aliphatic hydroxyl groups excluding tert-OH is 3. The van der Waals surface area contributed by atoms with Crippen LogP contribution < -0.4 is 10.1 Å². The van der Waals surface area contributed by atoms with Gasteiger partial charge < -0.3 is 30.1 Å². The largest absolute Gasteiger partial charge is 0.479 e. The van der Waals surface area contributed by atoms with Crippen LogP contribution in [0.25, 0.3) is 11.1 Å². The lowest BCUT2D eigenvalue weighted by molar-refractivity contribution is -0.153. The van der Waals surface area contributed by atoms with Gasteiger partial charge in [0.25, 0.3) is 0 Å². The third-order valence-corrected chi connectivity index (χ3v) is 5.61. The summed E-state index contributed by atoms with van der Waals surface area (Å²) in [5.41, 5.74) is -1.01. The maximum atomic E-state index is 14.9. The van der Waals surface area contributed by atoms with Gasteiger partial charge >= 0.3 is 5.97 Å². The number of hydrogen-bond donors (Lipinski definition) is 4. The summed E-state index contributed by atoms with van der Waals surface area (Å²) in [6, 6.07) is 11.6. The molecule has 0 saturated carbocycles. The standard InChI is InChI=1S/C26H25F4NO6/c27-19-3-1-2-16(9-19)17-4-5-20(28)18(8-17)10-31-25-21(29)6-7-22(24(25)30)36-11-23(35)37-15-26(12-32,13-33)14-34/h1-9,31-34H,10-15H2. The lowest BCUT2D eigenvalue weighted by atomic mass is 9.93. The van der Waals surface area contributed by atoms with Crippen molar-refractivity contribution in [2.45, 2.75) is 6.54 Å². The van der Waals surface area contributed by atoms with Crippen LogP contribution in [0.5, 0.6) is 5.75 Å². The molecule has 0 heterocycles. The third-order valence-electron chi connectivity index (χ3n) is 5.61. The van der Waals surface area contributed by atoms with Gasteiger partial charge in [-0.15, -0.1) is 0 Å². The molecule has 7 nitrogen and oxygen atoms in total. The Kier molecular flexibility index (Phi) is 9.45. The number of aliphatic hydroxyl groups is 3. The van der Waals surface area contributed by atoms with Gasteiger partial charge in [0.2, 0.25) is 0 Å². The van der Waals surface area contributed by atoms with E-state index in [4.69, 9.17) is 9.47 Å².